The molecular formula is C40H92N2OSi4. The van der Waals surface area contributed by atoms with Gasteiger partial charge < -0.3 is 13.4 Å². The van der Waals surface area contributed by atoms with Gasteiger partial charge in [-0.2, -0.15) is 0 Å². The first-order valence-corrected chi connectivity index (χ1v) is 26.7. The Morgan fingerprint density at radius 3 is 0.447 bits per heavy atom. The molecule has 0 aromatic rings. The Labute approximate surface area is 303 Å². The van der Waals surface area contributed by atoms with Crippen molar-refractivity contribution in [3.8, 4) is 0 Å². The molecule has 0 rings (SSSR count). The van der Waals surface area contributed by atoms with E-state index in [4.69, 9.17) is 13.4 Å². The number of nitrogens with one attached hydrogen (secondary N) is 2. The van der Waals surface area contributed by atoms with Gasteiger partial charge in [0.1, 0.15) is 16.5 Å². The molecule has 0 radical (unpaired) electrons. The van der Waals surface area contributed by atoms with E-state index >= 15 is 0 Å². The number of hydrogen-bond acceptors (Lipinski definition) is 3. The van der Waals surface area contributed by atoms with E-state index in [0.717, 1.165) is 0 Å². The molecule has 0 fully saturated rings. The van der Waals surface area contributed by atoms with E-state index in [9.17, 15) is 0 Å². The molecule has 284 valence electrons. The van der Waals surface area contributed by atoms with E-state index < -0.39 is 33.4 Å². The standard InChI is InChI=1S/C40H92N2OSi4/c1-31(2,3)44(32(4,5)6,33(7,8)9)41-46(37(19,20)21,38(22,23)24)43-47(39(25,26)27,40(28,29)30)42-45(34(10,11)12,35(13,14)15)36(16,17)18/h41-42H,1-30H3. The van der Waals surface area contributed by atoms with Crippen molar-refractivity contribution in [2.45, 2.75) is 258 Å². The molecular weight excluding hydrogens is 637 g/mol. The molecule has 0 aliphatic carbocycles. The van der Waals surface area contributed by atoms with E-state index in [1.54, 1.807) is 0 Å². The average Bonchev–Trinajstić information content (AvgIpc) is 2.63. The fourth-order valence-corrected chi connectivity index (χ4v) is 57.6. The summed E-state index contributed by atoms with van der Waals surface area (Å²) in [5.74, 6) is 0. The summed E-state index contributed by atoms with van der Waals surface area (Å²) in [5.41, 5.74) is 0. The van der Waals surface area contributed by atoms with Gasteiger partial charge in [0, 0.05) is 0 Å². The number of rotatable bonds is 6. The minimum atomic E-state index is -2.96. The van der Waals surface area contributed by atoms with Gasteiger partial charge in [-0.15, -0.1) is 0 Å². The van der Waals surface area contributed by atoms with Gasteiger partial charge in [-0.05, 0) is 50.4 Å². The molecule has 2 N–H and O–H groups in total. The van der Waals surface area contributed by atoms with Crippen LogP contribution in [0.25, 0.3) is 0 Å². The zero-order chi connectivity index (χ0) is 39.1. The monoisotopic (exact) mass is 729 g/mol. The van der Waals surface area contributed by atoms with Crippen LogP contribution >= 0.6 is 0 Å². The molecule has 0 amide bonds. The molecule has 3 nitrogen and oxygen atoms in total. The van der Waals surface area contributed by atoms with Crippen LogP contribution in [0.5, 0.6) is 0 Å². The summed E-state index contributed by atoms with van der Waals surface area (Å²) < 4.78 is 18.8. The second kappa shape index (κ2) is 12.7. The van der Waals surface area contributed by atoms with Gasteiger partial charge in [-0.3, -0.25) is 0 Å². The molecule has 0 spiro atoms. The minimum Gasteiger partial charge on any atom is -0.432 e. The molecule has 0 bridgehead atoms. The zero-order valence-corrected chi connectivity index (χ0v) is 42.4. The maximum absolute atomic E-state index is 8.89. The van der Waals surface area contributed by atoms with Crippen LogP contribution in [0, 0.1) is 0 Å². The quantitative estimate of drug-likeness (QED) is 0.267. The minimum absolute atomic E-state index is 0.0862. The third-order valence-corrected chi connectivity index (χ3v) is 42.2. The van der Waals surface area contributed by atoms with Crippen molar-refractivity contribution in [2.24, 2.45) is 0 Å². The Bertz CT molecular complexity index is 870. The normalized spacial score (nSPS) is 17.0. The fourth-order valence-electron chi connectivity index (χ4n) is 12.3. The van der Waals surface area contributed by atoms with E-state index in [-0.39, 0.29) is 50.4 Å². The molecule has 47 heavy (non-hydrogen) atoms. The maximum atomic E-state index is 8.89. The average molecular weight is 730 g/mol. The van der Waals surface area contributed by atoms with E-state index in [1.165, 1.54) is 0 Å². The van der Waals surface area contributed by atoms with Crippen LogP contribution in [0.1, 0.15) is 208 Å². The van der Waals surface area contributed by atoms with Gasteiger partial charge in [0.2, 0.25) is 0 Å². The molecule has 0 heterocycles. The SMILES string of the molecule is CC(C)(C)[Si](N[Si](C(C)(C)C)(C(C)(C)C)C(C)(C)C)(O[Si](N[Si](C(C)(C)C)(C(C)(C)C)C(C)(C)C)(C(C)(C)C)C(C)(C)C)C(C)(C)C. The molecule has 0 aromatic heterocycles. The zero-order valence-electron chi connectivity index (χ0n) is 38.4. The predicted octanol–water partition coefficient (Wildman–Crippen LogP) is 15.0. The summed E-state index contributed by atoms with van der Waals surface area (Å²) in [5, 5.41) is 0.176. The summed E-state index contributed by atoms with van der Waals surface area (Å²) in [7, 11) is -10.8. The van der Waals surface area contributed by atoms with Crippen molar-refractivity contribution in [1.29, 1.82) is 0 Å². The van der Waals surface area contributed by atoms with Gasteiger partial charge in [-0.1, -0.05) is 208 Å². The smallest absolute Gasteiger partial charge is 0.263 e. The molecule has 0 saturated carbocycles. The van der Waals surface area contributed by atoms with Crippen molar-refractivity contribution >= 4 is 33.4 Å². The summed E-state index contributed by atoms with van der Waals surface area (Å²) in [6, 6.07) is 0. The molecule has 0 aromatic carbocycles. The van der Waals surface area contributed by atoms with Crippen molar-refractivity contribution in [1.82, 2.24) is 9.30 Å². The summed E-state index contributed by atoms with van der Waals surface area (Å²) in [6.07, 6.45) is 0. The Morgan fingerprint density at radius 2 is 0.362 bits per heavy atom. The number of hydrogen-bond donors (Lipinski definition) is 2. The first-order chi connectivity index (χ1) is 19.6. The largest absolute Gasteiger partial charge is 0.432 e. The highest BCUT2D eigenvalue weighted by Crippen LogP contribution is 2.67. The second-order valence-corrected chi connectivity index (χ2v) is 49.3. The lowest BCUT2D eigenvalue weighted by Crippen LogP contribution is -2.87. The van der Waals surface area contributed by atoms with E-state index in [1.807, 2.05) is 0 Å². The highest BCUT2D eigenvalue weighted by molar-refractivity contribution is 7.03. The van der Waals surface area contributed by atoms with Gasteiger partial charge >= 0.3 is 0 Å². The first-order valence-electron chi connectivity index (χ1n) is 18.9. The summed E-state index contributed by atoms with van der Waals surface area (Å²) >= 11 is 0. The molecule has 0 atom stereocenters. The fraction of sp³-hybridized carbons (Fsp3) is 1.00. The van der Waals surface area contributed by atoms with E-state index in [0.29, 0.717) is 0 Å². The van der Waals surface area contributed by atoms with Gasteiger partial charge in [0.25, 0.3) is 17.0 Å². The lowest BCUT2D eigenvalue weighted by Gasteiger charge is -2.70. The molecule has 7 heteroatoms. The molecule has 0 unspecified atom stereocenters. The lowest BCUT2D eigenvalue weighted by atomic mass is 10.2. The van der Waals surface area contributed by atoms with Crippen LogP contribution in [0.3, 0.4) is 0 Å². The van der Waals surface area contributed by atoms with Gasteiger partial charge in [-0.25, -0.2) is 0 Å². The Balaban J connectivity index is 9.12. The van der Waals surface area contributed by atoms with Gasteiger partial charge in [0.15, 0.2) is 0 Å². The maximum Gasteiger partial charge on any atom is 0.263 e. The highest BCUT2D eigenvalue weighted by Gasteiger charge is 2.74. The highest BCUT2D eigenvalue weighted by atomic mass is 28.5. The van der Waals surface area contributed by atoms with Crippen LogP contribution in [-0.4, -0.2) is 33.4 Å². The van der Waals surface area contributed by atoms with Crippen LogP contribution in [-0.2, 0) is 4.12 Å². The van der Waals surface area contributed by atoms with Crippen LogP contribution in [0.2, 0.25) is 50.4 Å². The topological polar surface area (TPSA) is 33.3 Å². The second-order valence-electron chi connectivity index (χ2n) is 25.7. The molecule has 0 aliphatic rings. The lowest BCUT2D eigenvalue weighted by molar-refractivity contribution is 0.335. The van der Waals surface area contributed by atoms with Crippen LogP contribution in [0.4, 0.5) is 0 Å². The van der Waals surface area contributed by atoms with Crippen molar-refractivity contribution in [3.05, 3.63) is 0 Å². The van der Waals surface area contributed by atoms with E-state index in [2.05, 4.69) is 208 Å². The Kier molecular flexibility index (Phi) is 12.9. The summed E-state index contributed by atoms with van der Waals surface area (Å²) in [4.78, 5) is 0. The van der Waals surface area contributed by atoms with Crippen molar-refractivity contribution in [3.63, 3.8) is 0 Å². The first kappa shape index (κ1) is 47.7. The Hall–Kier alpha value is 0.748. The van der Waals surface area contributed by atoms with Crippen molar-refractivity contribution < 1.29 is 4.12 Å². The van der Waals surface area contributed by atoms with Crippen molar-refractivity contribution in [2.75, 3.05) is 0 Å². The predicted molar refractivity (Wildman–Crippen MR) is 228 cm³/mol. The summed E-state index contributed by atoms with van der Waals surface area (Å²) in [6.45, 7) is 75.6. The Morgan fingerprint density at radius 1 is 0.234 bits per heavy atom. The van der Waals surface area contributed by atoms with Gasteiger partial charge in [0.05, 0.1) is 0 Å². The third kappa shape index (κ3) is 7.92. The van der Waals surface area contributed by atoms with Crippen LogP contribution in [0.15, 0.2) is 0 Å². The molecule has 0 aliphatic heterocycles. The van der Waals surface area contributed by atoms with Crippen LogP contribution < -0.4 is 9.30 Å². The third-order valence-electron chi connectivity index (χ3n) is 12.0. The molecule has 0 saturated heterocycles.